The molecule has 3 aromatic rings. The van der Waals surface area contributed by atoms with Crippen molar-refractivity contribution >= 4 is 28.5 Å². The van der Waals surface area contributed by atoms with Crippen molar-refractivity contribution in [1.29, 1.82) is 0 Å². The third-order valence-corrected chi connectivity index (χ3v) is 3.93. The quantitative estimate of drug-likeness (QED) is 0.632. The van der Waals surface area contributed by atoms with E-state index >= 15 is 0 Å². The van der Waals surface area contributed by atoms with Gasteiger partial charge in [-0.3, -0.25) is 14.3 Å². The monoisotopic (exact) mass is 406 g/mol. The number of benzene rings is 1. The number of hydrogen-bond donors (Lipinski definition) is 1. The summed E-state index contributed by atoms with van der Waals surface area (Å²) in [5, 5.41) is 7.54. The van der Waals surface area contributed by atoms with Gasteiger partial charge in [0, 0.05) is 17.3 Å². The molecule has 0 atom stereocenters. The van der Waals surface area contributed by atoms with E-state index in [1.165, 1.54) is 6.07 Å². The molecule has 0 aliphatic carbocycles. The van der Waals surface area contributed by atoms with Crippen LogP contribution in [0, 0.1) is 0 Å². The molecule has 1 N–H and O–H groups in total. The largest absolute Gasteiger partial charge is 0.466 e. The van der Waals surface area contributed by atoms with Crippen LogP contribution in [0.2, 0.25) is 0 Å². The van der Waals surface area contributed by atoms with Gasteiger partial charge in [-0.25, -0.2) is 4.98 Å². The normalized spacial score (nSPS) is 11.4. The van der Waals surface area contributed by atoms with Crippen molar-refractivity contribution in [1.82, 2.24) is 14.8 Å². The molecule has 0 saturated carbocycles. The molecule has 0 saturated heterocycles. The molecular weight excluding hydrogens is 389 g/mol. The number of carbonyl (C=O) groups is 2. The molecule has 29 heavy (non-hydrogen) atoms. The zero-order valence-corrected chi connectivity index (χ0v) is 15.4. The number of aromatic nitrogens is 3. The lowest BCUT2D eigenvalue weighted by Gasteiger charge is -2.08. The Morgan fingerprint density at radius 3 is 2.72 bits per heavy atom. The third-order valence-electron chi connectivity index (χ3n) is 3.93. The van der Waals surface area contributed by atoms with E-state index in [0.29, 0.717) is 29.7 Å². The summed E-state index contributed by atoms with van der Waals surface area (Å²) in [7, 11) is 0. The number of pyridine rings is 1. The van der Waals surface area contributed by atoms with Crippen molar-refractivity contribution in [3.05, 3.63) is 54.0 Å². The van der Waals surface area contributed by atoms with Crippen LogP contribution in [0.25, 0.3) is 10.9 Å². The number of nitrogens with one attached hydrogen (secondary N) is 1. The molecule has 1 aromatic carbocycles. The number of ether oxygens (including phenoxy) is 1. The number of alkyl halides is 3. The maximum atomic E-state index is 12.8. The Balaban J connectivity index is 1.72. The van der Waals surface area contributed by atoms with Crippen LogP contribution in [-0.4, -0.2) is 33.2 Å². The molecule has 2 aromatic heterocycles. The number of rotatable bonds is 6. The fraction of sp³-hybridized carbons (Fsp3) is 0.263. The van der Waals surface area contributed by atoms with Gasteiger partial charge in [-0.2, -0.15) is 18.3 Å². The fourth-order valence-corrected chi connectivity index (χ4v) is 2.62. The smallest absolute Gasteiger partial charge is 0.433 e. The van der Waals surface area contributed by atoms with Gasteiger partial charge in [0.05, 0.1) is 25.1 Å². The van der Waals surface area contributed by atoms with Gasteiger partial charge < -0.3 is 10.1 Å². The van der Waals surface area contributed by atoms with Gasteiger partial charge in [-0.15, -0.1) is 0 Å². The van der Waals surface area contributed by atoms with Gasteiger partial charge in [0.2, 0.25) is 0 Å². The van der Waals surface area contributed by atoms with E-state index in [1.807, 2.05) is 0 Å². The van der Waals surface area contributed by atoms with E-state index in [2.05, 4.69) is 15.4 Å². The molecule has 10 heteroatoms. The first kappa shape index (κ1) is 20.3. The van der Waals surface area contributed by atoms with Gasteiger partial charge >= 0.3 is 12.1 Å². The van der Waals surface area contributed by atoms with E-state index in [9.17, 15) is 22.8 Å². The first-order valence-electron chi connectivity index (χ1n) is 8.74. The van der Waals surface area contributed by atoms with Gasteiger partial charge in [-0.05, 0) is 37.3 Å². The number of hydrogen-bond acceptors (Lipinski definition) is 5. The van der Waals surface area contributed by atoms with Gasteiger partial charge in [0.25, 0.3) is 5.91 Å². The van der Waals surface area contributed by atoms with Gasteiger partial charge in [-0.1, -0.05) is 6.07 Å². The van der Waals surface area contributed by atoms with Gasteiger partial charge in [0.1, 0.15) is 11.4 Å². The van der Waals surface area contributed by atoms with Crippen molar-refractivity contribution in [3.63, 3.8) is 0 Å². The summed E-state index contributed by atoms with van der Waals surface area (Å²) in [4.78, 5) is 27.1. The van der Waals surface area contributed by atoms with Crippen LogP contribution in [-0.2, 0) is 22.3 Å². The molecule has 0 unspecified atom stereocenters. The number of esters is 1. The summed E-state index contributed by atoms with van der Waals surface area (Å²) >= 11 is 0. The summed E-state index contributed by atoms with van der Waals surface area (Å²) in [5.74, 6) is -1.08. The predicted molar refractivity (Wildman–Crippen MR) is 98.2 cm³/mol. The predicted octanol–water partition coefficient (Wildman–Crippen LogP) is 3.66. The van der Waals surface area contributed by atoms with Crippen LogP contribution >= 0.6 is 0 Å². The second-order valence-corrected chi connectivity index (χ2v) is 6.08. The number of aryl methyl sites for hydroxylation is 1. The average Bonchev–Trinajstić information content (AvgIpc) is 3.08. The van der Waals surface area contributed by atoms with Crippen LogP contribution in [0.4, 0.5) is 18.9 Å². The van der Waals surface area contributed by atoms with Crippen molar-refractivity contribution in [2.45, 2.75) is 26.1 Å². The Morgan fingerprint density at radius 2 is 2.00 bits per heavy atom. The summed E-state index contributed by atoms with van der Waals surface area (Å²) < 4.78 is 44.7. The molecule has 1 amide bonds. The van der Waals surface area contributed by atoms with Crippen molar-refractivity contribution < 1.29 is 27.5 Å². The number of carbonyl (C=O) groups excluding carboxylic acids is 2. The number of fused-ring (bicyclic) bond motifs is 1. The first-order valence-corrected chi connectivity index (χ1v) is 8.74. The summed E-state index contributed by atoms with van der Waals surface area (Å²) in [5.41, 5.74) is -0.454. The molecular formula is C19H17F3N4O3. The molecule has 0 fully saturated rings. The molecule has 152 valence electrons. The first-order chi connectivity index (χ1) is 13.8. The molecule has 2 heterocycles. The average molecular weight is 406 g/mol. The molecule has 0 bridgehead atoms. The lowest BCUT2D eigenvalue weighted by atomic mass is 10.2. The minimum atomic E-state index is -4.63. The van der Waals surface area contributed by atoms with E-state index in [4.69, 9.17) is 4.74 Å². The topological polar surface area (TPSA) is 86.1 Å². The van der Waals surface area contributed by atoms with E-state index < -0.39 is 17.8 Å². The van der Waals surface area contributed by atoms with E-state index in [-0.39, 0.29) is 18.1 Å². The summed E-state index contributed by atoms with van der Waals surface area (Å²) in [6.45, 7) is 2.37. The Labute approximate surface area is 163 Å². The van der Waals surface area contributed by atoms with Crippen molar-refractivity contribution in [2.75, 3.05) is 11.9 Å². The lowest BCUT2D eigenvalue weighted by Crippen LogP contribution is -2.16. The Hall–Kier alpha value is -3.43. The minimum absolute atomic E-state index is 0.173. The highest BCUT2D eigenvalue weighted by Crippen LogP contribution is 2.27. The number of amides is 1. The highest BCUT2D eigenvalue weighted by molar-refractivity contribution is 6.03. The van der Waals surface area contributed by atoms with E-state index in [0.717, 1.165) is 12.1 Å². The van der Waals surface area contributed by atoms with Crippen LogP contribution < -0.4 is 5.32 Å². The fourth-order valence-electron chi connectivity index (χ4n) is 2.62. The molecule has 0 radical (unpaired) electrons. The standard InChI is InChI=1S/C19H17F3N4O3/c1-2-29-17(27)8-9-26-11-12-10-13(6-7-14(12)25-26)23-18(28)15-4-3-5-16(24-15)19(20,21)22/h3-7,10-11H,2,8-9H2,1H3,(H,23,28). The van der Waals surface area contributed by atoms with E-state index in [1.54, 1.807) is 36.0 Å². The second kappa shape index (κ2) is 8.29. The lowest BCUT2D eigenvalue weighted by molar-refractivity contribution is -0.143. The Kier molecular flexibility index (Phi) is 5.81. The maximum absolute atomic E-state index is 12.8. The zero-order valence-electron chi connectivity index (χ0n) is 15.4. The molecule has 0 aliphatic rings. The van der Waals surface area contributed by atoms with Gasteiger partial charge in [0.15, 0.2) is 0 Å². The highest BCUT2D eigenvalue weighted by atomic mass is 19.4. The van der Waals surface area contributed by atoms with Crippen LogP contribution in [0.1, 0.15) is 29.5 Å². The van der Waals surface area contributed by atoms with Crippen LogP contribution in [0.15, 0.2) is 42.6 Å². The Bertz CT molecular complexity index is 1050. The molecule has 0 spiro atoms. The number of nitrogens with zero attached hydrogens (tertiary/aromatic N) is 3. The SMILES string of the molecule is CCOC(=O)CCn1cc2cc(NC(=O)c3cccc(C(F)(F)F)n3)ccc2n1. The highest BCUT2D eigenvalue weighted by Gasteiger charge is 2.32. The van der Waals surface area contributed by atoms with Crippen molar-refractivity contribution in [2.24, 2.45) is 0 Å². The molecule has 3 rings (SSSR count). The summed E-state index contributed by atoms with van der Waals surface area (Å²) in [6, 6.07) is 8.00. The molecule has 7 nitrogen and oxygen atoms in total. The summed E-state index contributed by atoms with van der Waals surface area (Å²) in [6.07, 6.45) is -2.76. The van der Waals surface area contributed by atoms with Crippen molar-refractivity contribution in [3.8, 4) is 0 Å². The molecule has 0 aliphatic heterocycles. The Morgan fingerprint density at radius 1 is 1.21 bits per heavy atom. The van der Waals surface area contributed by atoms with Crippen LogP contribution in [0.5, 0.6) is 0 Å². The van der Waals surface area contributed by atoms with Crippen LogP contribution in [0.3, 0.4) is 0 Å². The maximum Gasteiger partial charge on any atom is 0.433 e. The second-order valence-electron chi connectivity index (χ2n) is 6.08. The third kappa shape index (κ3) is 5.09. The zero-order chi connectivity index (χ0) is 21.0. The number of anilines is 1. The number of halogens is 3. The minimum Gasteiger partial charge on any atom is -0.466 e.